The van der Waals surface area contributed by atoms with Crippen molar-refractivity contribution in [3.8, 4) is 11.5 Å². The van der Waals surface area contributed by atoms with Crippen LogP contribution < -0.4 is 14.8 Å². The summed E-state index contributed by atoms with van der Waals surface area (Å²) in [7, 11) is 3.19. The fourth-order valence-corrected chi connectivity index (χ4v) is 5.48. The fraction of sp³-hybridized carbons (Fsp3) is 0.458. The molecule has 7 heteroatoms. The zero-order valence-electron chi connectivity index (χ0n) is 18.3. The van der Waals surface area contributed by atoms with Crippen LogP contribution >= 0.6 is 24.2 Å². The topological polar surface area (TPSA) is 50.8 Å². The molecule has 0 saturated carbocycles. The molecule has 2 aromatic rings. The number of fused-ring (bicyclic) bond motifs is 2. The molecule has 2 fully saturated rings. The molecule has 2 bridgehead atoms. The average Bonchev–Trinajstić information content (AvgIpc) is 2.96. The Morgan fingerprint density at radius 1 is 1.16 bits per heavy atom. The quantitative estimate of drug-likeness (QED) is 0.578. The Balaban J connectivity index is 0.00000272. The summed E-state index contributed by atoms with van der Waals surface area (Å²) in [5, 5.41) is 3.43. The SMILES string of the molecule is COc1cc(SC)cc(C(=O)NC23CCCC(CC2)N3Cc2ccccc2)c1OC.Cl. The summed E-state index contributed by atoms with van der Waals surface area (Å²) in [6, 6.07) is 14.9. The van der Waals surface area contributed by atoms with Gasteiger partial charge in [0.2, 0.25) is 0 Å². The van der Waals surface area contributed by atoms with Gasteiger partial charge in [-0.1, -0.05) is 30.3 Å². The van der Waals surface area contributed by atoms with Crippen molar-refractivity contribution in [2.75, 3.05) is 20.5 Å². The van der Waals surface area contributed by atoms with Gasteiger partial charge in [-0.3, -0.25) is 9.69 Å². The smallest absolute Gasteiger partial charge is 0.256 e. The van der Waals surface area contributed by atoms with E-state index in [0.29, 0.717) is 23.1 Å². The highest BCUT2D eigenvalue weighted by Gasteiger charge is 2.49. The summed E-state index contributed by atoms with van der Waals surface area (Å²) in [6.07, 6.45) is 7.41. The third-order valence-electron chi connectivity index (χ3n) is 6.48. The van der Waals surface area contributed by atoms with Gasteiger partial charge in [-0.15, -0.1) is 24.2 Å². The number of hydrogen-bond acceptors (Lipinski definition) is 5. The average molecular weight is 463 g/mol. The summed E-state index contributed by atoms with van der Waals surface area (Å²) < 4.78 is 11.1. The lowest BCUT2D eigenvalue weighted by Crippen LogP contribution is -2.60. The predicted octanol–water partition coefficient (Wildman–Crippen LogP) is 5.12. The van der Waals surface area contributed by atoms with Crippen LogP contribution in [-0.4, -0.2) is 43.0 Å². The van der Waals surface area contributed by atoms with Crippen LogP contribution in [0.2, 0.25) is 0 Å². The summed E-state index contributed by atoms with van der Waals surface area (Å²) in [4.78, 5) is 17.0. The first-order valence-corrected chi connectivity index (χ1v) is 11.8. The zero-order valence-corrected chi connectivity index (χ0v) is 20.0. The highest BCUT2D eigenvalue weighted by atomic mass is 35.5. The summed E-state index contributed by atoms with van der Waals surface area (Å²) in [5.74, 6) is 0.979. The predicted molar refractivity (Wildman–Crippen MR) is 128 cm³/mol. The van der Waals surface area contributed by atoms with Gasteiger partial charge >= 0.3 is 0 Å². The maximum absolute atomic E-state index is 13.5. The lowest BCUT2D eigenvalue weighted by atomic mass is 9.95. The molecule has 1 amide bonds. The highest BCUT2D eigenvalue weighted by molar-refractivity contribution is 7.98. The molecule has 2 aliphatic rings. The van der Waals surface area contributed by atoms with Crippen molar-refractivity contribution in [2.24, 2.45) is 0 Å². The van der Waals surface area contributed by atoms with Crippen molar-refractivity contribution in [3.05, 3.63) is 53.6 Å². The molecule has 0 aliphatic carbocycles. The van der Waals surface area contributed by atoms with Gasteiger partial charge in [0.25, 0.3) is 5.91 Å². The zero-order chi connectivity index (χ0) is 21.1. The second-order valence-electron chi connectivity index (χ2n) is 8.09. The molecule has 0 spiro atoms. The Morgan fingerprint density at radius 2 is 1.94 bits per heavy atom. The van der Waals surface area contributed by atoms with Crippen molar-refractivity contribution in [1.29, 1.82) is 0 Å². The van der Waals surface area contributed by atoms with Crippen molar-refractivity contribution in [1.82, 2.24) is 10.2 Å². The van der Waals surface area contributed by atoms with E-state index in [4.69, 9.17) is 9.47 Å². The lowest BCUT2D eigenvalue weighted by Gasteiger charge is -2.45. The number of carbonyl (C=O) groups excluding carboxylic acids is 1. The number of amides is 1. The number of thioether (sulfide) groups is 1. The first-order chi connectivity index (χ1) is 14.6. The molecule has 1 N–H and O–H groups in total. The van der Waals surface area contributed by atoms with E-state index in [1.165, 1.54) is 12.0 Å². The van der Waals surface area contributed by atoms with Gasteiger partial charge < -0.3 is 14.8 Å². The Morgan fingerprint density at radius 3 is 2.61 bits per heavy atom. The fourth-order valence-electron chi connectivity index (χ4n) is 5.01. The molecule has 4 rings (SSSR count). The van der Waals surface area contributed by atoms with Crippen LogP contribution in [-0.2, 0) is 6.54 Å². The first kappa shape index (κ1) is 23.8. The van der Waals surface area contributed by atoms with Crippen LogP contribution in [0.25, 0.3) is 0 Å². The summed E-state index contributed by atoms with van der Waals surface area (Å²) >= 11 is 1.58. The Bertz CT molecular complexity index is 907. The highest BCUT2D eigenvalue weighted by Crippen LogP contribution is 2.44. The molecule has 2 heterocycles. The van der Waals surface area contributed by atoms with Crippen molar-refractivity contribution in [2.45, 2.75) is 55.2 Å². The second kappa shape index (κ2) is 10.2. The Labute approximate surface area is 195 Å². The molecule has 0 aromatic heterocycles. The molecule has 2 aromatic carbocycles. The summed E-state index contributed by atoms with van der Waals surface area (Å²) in [5.41, 5.74) is 1.52. The third kappa shape index (κ3) is 4.66. The second-order valence-corrected chi connectivity index (χ2v) is 8.97. The van der Waals surface area contributed by atoms with Crippen LogP contribution in [0.3, 0.4) is 0 Å². The number of nitrogens with one attached hydrogen (secondary N) is 1. The lowest BCUT2D eigenvalue weighted by molar-refractivity contribution is 0.0183. The van der Waals surface area contributed by atoms with Gasteiger partial charge in [0.1, 0.15) is 0 Å². The van der Waals surface area contributed by atoms with E-state index in [1.807, 2.05) is 24.5 Å². The van der Waals surface area contributed by atoms with E-state index in [9.17, 15) is 4.79 Å². The minimum atomic E-state index is -0.302. The Hall–Kier alpha value is -1.89. The number of methoxy groups -OCH3 is 2. The maximum Gasteiger partial charge on any atom is 0.256 e. The number of carbonyl (C=O) groups is 1. The molecule has 31 heavy (non-hydrogen) atoms. The molecule has 2 aliphatic heterocycles. The van der Waals surface area contributed by atoms with Crippen molar-refractivity contribution in [3.63, 3.8) is 0 Å². The molecular weight excluding hydrogens is 432 g/mol. The number of nitrogens with zero attached hydrogens (tertiary/aromatic N) is 1. The first-order valence-electron chi connectivity index (χ1n) is 10.5. The molecule has 168 valence electrons. The van der Waals surface area contributed by atoms with Gasteiger partial charge in [0, 0.05) is 17.5 Å². The minimum absolute atomic E-state index is 0. The van der Waals surface area contributed by atoms with Crippen LogP contribution in [0.4, 0.5) is 0 Å². The van der Waals surface area contributed by atoms with Crippen molar-refractivity contribution >= 4 is 30.1 Å². The molecule has 5 nitrogen and oxygen atoms in total. The number of hydrogen-bond donors (Lipinski definition) is 1. The van der Waals surface area contributed by atoms with E-state index in [-0.39, 0.29) is 24.0 Å². The molecule has 0 radical (unpaired) electrons. The van der Waals surface area contributed by atoms with E-state index in [0.717, 1.165) is 37.1 Å². The van der Waals surface area contributed by atoms with Crippen LogP contribution in [0.5, 0.6) is 11.5 Å². The van der Waals surface area contributed by atoms with Crippen LogP contribution in [0.15, 0.2) is 47.4 Å². The number of piperidine rings is 1. The maximum atomic E-state index is 13.5. The molecular formula is C24H31ClN2O3S. The number of benzene rings is 2. The molecule has 2 atom stereocenters. The van der Waals surface area contributed by atoms with Gasteiger partial charge in [-0.25, -0.2) is 0 Å². The van der Waals surface area contributed by atoms with E-state index < -0.39 is 0 Å². The minimum Gasteiger partial charge on any atom is -0.493 e. The number of ether oxygens (including phenoxy) is 2. The number of rotatable bonds is 7. The normalized spacial score (nSPS) is 22.5. The molecule has 2 saturated heterocycles. The van der Waals surface area contributed by atoms with Gasteiger partial charge in [0.15, 0.2) is 11.5 Å². The number of halogens is 1. The van der Waals surface area contributed by atoms with Crippen LogP contribution in [0.1, 0.15) is 48.0 Å². The van der Waals surface area contributed by atoms with E-state index >= 15 is 0 Å². The monoisotopic (exact) mass is 462 g/mol. The Kier molecular flexibility index (Phi) is 7.78. The van der Waals surface area contributed by atoms with Gasteiger partial charge in [-0.05, 0) is 56.1 Å². The van der Waals surface area contributed by atoms with E-state index in [1.54, 1.807) is 26.0 Å². The van der Waals surface area contributed by atoms with Gasteiger partial charge in [-0.2, -0.15) is 0 Å². The molecule has 2 unspecified atom stereocenters. The van der Waals surface area contributed by atoms with Gasteiger partial charge in [0.05, 0.1) is 25.4 Å². The summed E-state index contributed by atoms with van der Waals surface area (Å²) in [6.45, 7) is 0.858. The van der Waals surface area contributed by atoms with Crippen molar-refractivity contribution < 1.29 is 14.3 Å². The largest absolute Gasteiger partial charge is 0.493 e. The third-order valence-corrected chi connectivity index (χ3v) is 7.19. The standard InChI is InChI=1S/C24H30N2O3S.ClH/c1-28-21-15-19(30-3)14-20(22(21)29-2)23(27)25-24-12-7-10-18(11-13-24)26(24)16-17-8-5-4-6-9-17;/h4-6,8-9,14-15,18H,7,10-13,16H2,1-3H3,(H,25,27);1H. The van der Waals surface area contributed by atoms with Crippen LogP contribution in [0, 0.1) is 0 Å². The van der Waals surface area contributed by atoms with E-state index in [2.05, 4.69) is 34.5 Å².